The summed E-state index contributed by atoms with van der Waals surface area (Å²) in [6.45, 7) is 4.21. The highest BCUT2D eigenvalue weighted by atomic mass is 16.5. The van der Waals surface area contributed by atoms with Crippen molar-refractivity contribution in [1.82, 2.24) is 9.80 Å². The summed E-state index contributed by atoms with van der Waals surface area (Å²) < 4.78 is 6.04. The van der Waals surface area contributed by atoms with Gasteiger partial charge in [-0.1, -0.05) is 23.8 Å². The molecule has 2 aromatic carbocycles. The predicted molar refractivity (Wildman–Crippen MR) is 109 cm³/mol. The van der Waals surface area contributed by atoms with Crippen molar-refractivity contribution in [3.63, 3.8) is 0 Å². The second-order valence-corrected chi connectivity index (χ2v) is 7.57. The van der Waals surface area contributed by atoms with Gasteiger partial charge < -0.3 is 20.3 Å². The van der Waals surface area contributed by atoms with Crippen molar-refractivity contribution in [1.29, 1.82) is 0 Å². The number of likely N-dealkylation sites (N-methyl/N-ethyl adjacent to an activating group) is 1. The largest absolute Gasteiger partial charge is 0.488 e. The summed E-state index contributed by atoms with van der Waals surface area (Å²) in [6, 6.07) is 12.4. The fraction of sp³-hybridized carbons (Fsp3) is 0.364. The lowest BCUT2D eigenvalue weighted by atomic mass is 10.0. The molecule has 0 radical (unpaired) electrons. The number of aryl methyl sites for hydroxylation is 2. The molecule has 0 aromatic heterocycles. The van der Waals surface area contributed by atoms with Gasteiger partial charge in [0.05, 0.1) is 6.54 Å². The number of carbonyl (C=O) groups excluding carboxylic acids is 2. The summed E-state index contributed by atoms with van der Waals surface area (Å²) in [7, 11) is 3.41. The maximum absolute atomic E-state index is 13.3. The number of carbonyl (C=O) groups is 2. The number of nitrogens with two attached hydrogens (primary N) is 1. The third kappa shape index (κ3) is 4.11. The van der Waals surface area contributed by atoms with E-state index in [2.05, 4.69) is 0 Å². The molecule has 2 atom stereocenters. The molecule has 0 bridgehead atoms. The van der Waals surface area contributed by atoms with Crippen LogP contribution in [0.1, 0.15) is 27.9 Å². The molecule has 2 N–H and O–H groups in total. The van der Waals surface area contributed by atoms with Gasteiger partial charge in [0, 0.05) is 37.8 Å². The lowest BCUT2D eigenvalue weighted by Crippen LogP contribution is -2.45. The second-order valence-electron chi connectivity index (χ2n) is 7.57. The Morgan fingerprint density at radius 2 is 1.89 bits per heavy atom. The lowest BCUT2D eigenvalue weighted by molar-refractivity contribution is -0.132. The minimum Gasteiger partial charge on any atom is -0.488 e. The van der Waals surface area contributed by atoms with E-state index in [1.54, 1.807) is 31.1 Å². The van der Waals surface area contributed by atoms with E-state index in [0.717, 1.165) is 11.1 Å². The Morgan fingerprint density at radius 1 is 1.14 bits per heavy atom. The average Bonchev–Trinajstić information content (AvgIpc) is 3.06. The summed E-state index contributed by atoms with van der Waals surface area (Å²) in [6.07, 6.45) is 0.173. The van der Waals surface area contributed by atoms with Crippen LogP contribution in [-0.2, 0) is 4.79 Å². The molecule has 2 amide bonds. The maximum Gasteiger partial charge on any atom is 0.254 e. The molecule has 3 rings (SSSR count). The number of ether oxygens (including phenoxy) is 1. The highest BCUT2D eigenvalue weighted by molar-refractivity contribution is 5.99. The first kappa shape index (κ1) is 19.7. The van der Waals surface area contributed by atoms with Crippen LogP contribution in [0.5, 0.6) is 5.75 Å². The summed E-state index contributed by atoms with van der Waals surface area (Å²) in [5.41, 5.74) is 8.97. The molecule has 0 saturated carbocycles. The fourth-order valence-electron chi connectivity index (χ4n) is 3.54. The maximum atomic E-state index is 13.3. The van der Waals surface area contributed by atoms with E-state index in [1.165, 1.54) is 4.90 Å². The molecule has 1 saturated heterocycles. The smallest absolute Gasteiger partial charge is 0.254 e. The molecule has 0 aliphatic carbocycles. The van der Waals surface area contributed by atoms with Gasteiger partial charge in [-0.15, -0.1) is 0 Å². The number of amides is 2. The standard InChI is InChI=1S/C22H27N3O3/c1-14-8-9-15(2)19(10-14)21(26)25-13-18(12-20(25)22(27)24(3)4)28-17-7-5-6-16(23)11-17/h5-11,18,20H,12-13,23H2,1-4H3. The zero-order valence-corrected chi connectivity index (χ0v) is 16.8. The molecule has 6 heteroatoms. The molecule has 28 heavy (non-hydrogen) atoms. The Morgan fingerprint density at radius 3 is 2.57 bits per heavy atom. The van der Waals surface area contributed by atoms with Crippen LogP contribution in [0.3, 0.4) is 0 Å². The van der Waals surface area contributed by atoms with Gasteiger partial charge in [0.25, 0.3) is 5.91 Å². The van der Waals surface area contributed by atoms with Gasteiger partial charge in [0.2, 0.25) is 5.91 Å². The molecule has 1 heterocycles. The van der Waals surface area contributed by atoms with Crippen LogP contribution >= 0.6 is 0 Å². The molecule has 2 aromatic rings. The van der Waals surface area contributed by atoms with E-state index in [9.17, 15) is 9.59 Å². The van der Waals surface area contributed by atoms with Crippen LogP contribution in [0.2, 0.25) is 0 Å². The van der Waals surface area contributed by atoms with E-state index in [-0.39, 0.29) is 17.9 Å². The fourth-order valence-corrected chi connectivity index (χ4v) is 3.54. The molecule has 1 aliphatic heterocycles. The minimum absolute atomic E-state index is 0.0997. The Hall–Kier alpha value is -3.02. The SMILES string of the molecule is Cc1ccc(C)c(C(=O)N2CC(Oc3cccc(N)c3)CC2C(=O)N(C)C)c1. The van der Waals surface area contributed by atoms with Gasteiger partial charge in [-0.3, -0.25) is 9.59 Å². The molecular formula is C22H27N3O3. The van der Waals surface area contributed by atoms with Crippen molar-refractivity contribution >= 4 is 17.5 Å². The lowest BCUT2D eigenvalue weighted by Gasteiger charge is -2.26. The highest BCUT2D eigenvalue weighted by Crippen LogP contribution is 2.27. The van der Waals surface area contributed by atoms with Crippen molar-refractivity contribution in [2.45, 2.75) is 32.4 Å². The van der Waals surface area contributed by atoms with E-state index in [0.29, 0.717) is 30.0 Å². The molecule has 0 spiro atoms. The monoisotopic (exact) mass is 381 g/mol. The number of nitrogens with zero attached hydrogens (tertiary/aromatic N) is 2. The normalized spacial score (nSPS) is 18.8. The Labute approximate surface area is 165 Å². The molecule has 1 aliphatic rings. The second kappa shape index (κ2) is 7.92. The van der Waals surface area contributed by atoms with E-state index >= 15 is 0 Å². The van der Waals surface area contributed by atoms with Crippen molar-refractivity contribution < 1.29 is 14.3 Å². The van der Waals surface area contributed by atoms with Crippen LogP contribution in [-0.4, -0.2) is 54.4 Å². The first-order valence-electron chi connectivity index (χ1n) is 9.38. The van der Waals surface area contributed by atoms with Crippen molar-refractivity contribution in [2.24, 2.45) is 0 Å². The van der Waals surface area contributed by atoms with E-state index in [4.69, 9.17) is 10.5 Å². The van der Waals surface area contributed by atoms with Gasteiger partial charge >= 0.3 is 0 Å². The van der Waals surface area contributed by atoms with Crippen LogP contribution in [0.25, 0.3) is 0 Å². The average molecular weight is 381 g/mol. The van der Waals surface area contributed by atoms with Crippen LogP contribution in [0, 0.1) is 13.8 Å². The number of rotatable bonds is 4. The Balaban J connectivity index is 1.87. The number of hydrogen-bond acceptors (Lipinski definition) is 4. The number of anilines is 1. The number of hydrogen-bond donors (Lipinski definition) is 1. The van der Waals surface area contributed by atoms with Crippen molar-refractivity contribution in [2.75, 3.05) is 26.4 Å². The molecule has 2 unspecified atom stereocenters. The third-order valence-corrected chi connectivity index (χ3v) is 5.03. The zero-order valence-electron chi connectivity index (χ0n) is 16.8. The van der Waals surface area contributed by atoms with Crippen LogP contribution < -0.4 is 10.5 Å². The molecule has 1 fully saturated rings. The Kier molecular flexibility index (Phi) is 5.58. The number of benzene rings is 2. The zero-order chi connectivity index (χ0) is 20.4. The molecule has 6 nitrogen and oxygen atoms in total. The first-order valence-corrected chi connectivity index (χ1v) is 9.38. The van der Waals surface area contributed by atoms with Crippen LogP contribution in [0.15, 0.2) is 42.5 Å². The van der Waals surface area contributed by atoms with Gasteiger partial charge in [-0.25, -0.2) is 0 Å². The summed E-state index contributed by atoms with van der Waals surface area (Å²) in [5, 5.41) is 0. The van der Waals surface area contributed by atoms with Gasteiger partial charge in [0.15, 0.2) is 0 Å². The summed E-state index contributed by atoms with van der Waals surface area (Å²) in [4.78, 5) is 29.2. The van der Waals surface area contributed by atoms with Gasteiger partial charge in [-0.05, 0) is 37.6 Å². The van der Waals surface area contributed by atoms with Crippen molar-refractivity contribution in [3.8, 4) is 5.75 Å². The summed E-state index contributed by atoms with van der Waals surface area (Å²) >= 11 is 0. The Bertz CT molecular complexity index is 894. The number of likely N-dealkylation sites (tertiary alicyclic amines) is 1. The minimum atomic E-state index is -0.548. The molecule has 148 valence electrons. The topological polar surface area (TPSA) is 75.9 Å². The first-order chi connectivity index (χ1) is 13.3. The van der Waals surface area contributed by atoms with Crippen molar-refractivity contribution in [3.05, 3.63) is 59.2 Å². The van der Waals surface area contributed by atoms with E-state index in [1.807, 2.05) is 44.2 Å². The van der Waals surface area contributed by atoms with Crippen LogP contribution in [0.4, 0.5) is 5.69 Å². The van der Waals surface area contributed by atoms with E-state index < -0.39 is 6.04 Å². The molecular weight excluding hydrogens is 354 g/mol. The van der Waals surface area contributed by atoms with Gasteiger partial charge in [-0.2, -0.15) is 0 Å². The van der Waals surface area contributed by atoms with Gasteiger partial charge in [0.1, 0.15) is 17.9 Å². The third-order valence-electron chi connectivity index (χ3n) is 5.03. The number of nitrogen functional groups attached to an aromatic ring is 1. The predicted octanol–water partition coefficient (Wildman–Crippen LogP) is 2.64. The summed E-state index contributed by atoms with van der Waals surface area (Å²) in [5.74, 6) is 0.402. The highest BCUT2D eigenvalue weighted by Gasteiger charge is 2.42. The quantitative estimate of drug-likeness (QED) is 0.826.